The molecule has 2 rings (SSSR count). The van der Waals surface area contributed by atoms with Gasteiger partial charge in [0, 0.05) is 13.1 Å². The zero-order valence-corrected chi connectivity index (χ0v) is 14.5. The van der Waals surface area contributed by atoms with E-state index >= 15 is 0 Å². The summed E-state index contributed by atoms with van der Waals surface area (Å²) in [6.45, 7) is 4.26. The predicted octanol–water partition coefficient (Wildman–Crippen LogP) is 2.95. The molecule has 1 aromatic carbocycles. The molecule has 2 amide bonds. The lowest BCUT2D eigenvalue weighted by atomic mass is 9.87. The summed E-state index contributed by atoms with van der Waals surface area (Å²) < 4.78 is 5.15. The van der Waals surface area contributed by atoms with Crippen LogP contribution in [0.15, 0.2) is 24.3 Å². The van der Waals surface area contributed by atoms with Crippen LogP contribution in [0.2, 0.25) is 0 Å². The molecular formula is C18H28N2O3. The molecule has 5 heteroatoms. The van der Waals surface area contributed by atoms with Gasteiger partial charge < -0.3 is 20.1 Å². The highest BCUT2D eigenvalue weighted by molar-refractivity contribution is 5.75. The first-order valence-corrected chi connectivity index (χ1v) is 8.17. The lowest BCUT2D eigenvalue weighted by Gasteiger charge is -2.32. The highest BCUT2D eigenvalue weighted by atomic mass is 16.5. The minimum atomic E-state index is -0.370. The number of carbonyl (C=O) groups excluding carboxylic acids is 1. The van der Waals surface area contributed by atoms with Gasteiger partial charge in [0.1, 0.15) is 5.75 Å². The van der Waals surface area contributed by atoms with Gasteiger partial charge in [0.2, 0.25) is 0 Å². The Morgan fingerprint density at radius 1 is 1.43 bits per heavy atom. The number of benzene rings is 1. The highest BCUT2D eigenvalue weighted by Gasteiger charge is 2.36. The Morgan fingerprint density at radius 3 is 2.57 bits per heavy atom. The number of likely N-dealkylation sites (N-methyl/N-ethyl adjacent to an activating group) is 1. The molecule has 2 N–H and O–H groups in total. The van der Waals surface area contributed by atoms with Crippen LogP contribution in [0.25, 0.3) is 0 Å². The Morgan fingerprint density at radius 2 is 2.09 bits per heavy atom. The van der Waals surface area contributed by atoms with Crippen molar-refractivity contribution in [2.45, 2.75) is 45.2 Å². The molecule has 1 fully saturated rings. The zero-order chi connectivity index (χ0) is 17.0. The van der Waals surface area contributed by atoms with Crippen LogP contribution >= 0.6 is 0 Å². The number of nitrogens with zero attached hydrogens (tertiary/aromatic N) is 1. The first-order valence-electron chi connectivity index (χ1n) is 8.17. The second-order valence-electron chi connectivity index (χ2n) is 6.97. The van der Waals surface area contributed by atoms with E-state index < -0.39 is 0 Å². The molecule has 128 valence electrons. The maximum absolute atomic E-state index is 12.6. The van der Waals surface area contributed by atoms with Gasteiger partial charge in [-0.1, -0.05) is 32.4 Å². The Bertz CT molecular complexity index is 528. The third-order valence-corrected chi connectivity index (χ3v) is 5.02. The normalized spacial score (nSPS) is 20.8. The Kier molecular flexibility index (Phi) is 5.52. The van der Waals surface area contributed by atoms with Crippen molar-refractivity contribution in [1.82, 2.24) is 10.2 Å². The van der Waals surface area contributed by atoms with Crippen molar-refractivity contribution in [1.29, 1.82) is 0 Å². The SMILES string of the molecule is COc1ccc(C(CO)N(C)C(=O)NC2CCCC2(C)C)cc1. The van der Waals surface area contributed by atoms with E-state index in [0.29, 0.717) is 0 Å². The fourth-order valence-electron chi connectivity index (χ4n) is 3.26. The third kappa shape index (κ3) is 3.96. The number of methoxy groups -OCH3 is 1. The largest absolute Gasteiger partial charge is 0.497 e. The molecule has 0 bridgehead atoms. The Labute approximate surface area is 138 Å². The van der Waals surface area contributed by atoms with Crippen LogP contribution in [0, 0.1) is 5.41 Å². The molecule has 2 unspecified atom stereocenters. The van der Waals surface area contributed by atoms with Crippen LogP contribution in [0.1, 0.15) is 44.7 Å². The van der Waals surface area contributed by atoms with Crippen LogP contribution in [-0.2, 0) is 0 Å². The van der Waals surface area contributed by atoms with Crippen LogP contribution in [0.4, 0.5) is 4.79 Å². The molecule has 0 heterocycles. The van der Waals surface area contributed by atoms with E-state index in [9.17, 15) is 9.90 Å². The Hall–Kier alpha value is -1.75. The molecular weight excluding hydrogens is 292 g/mol. The summed E-state index contributed by atoms with van der Waals surface area (Å²) in [5, 5.41) is 12.9. The number of hydrogen-bond donors (Lipinski definition) is 2. The van der Waals surface area contributed by atoms with Crippen molar-refractivity contribution in [2.75, 3.05) is 20.8 Å². The fraction of sp³-hybridized carbons (Fsp3) is 0.611. The second kappa shape index (κ2) is 7.21. The molecule has 1 aromatic rings. The molecule has 0 radical (unpaired) electrons. The van der Waals surface area contributed by atoms with Crippen molar-refractivity contribution in [3.05, 3.63) is 29.8 Å². The lowest BCUT2D eigenvalue weighted by Crippen LogP contribution is -2.48. The molecule has 2 atom stereocenters. The molecule has 1 aliphatic carbocycles. The van der Waals surface area contributed by atoms with Crippen molar-refractivity contribution < 1.29 is 14.6 Å². The summed E-state index contributed by atoms with van der Waals surface area (Å²) in [6.07, 6.45) is 3.28. The van der Waals surface area contributed by atoms with Gasteiger partial charge in [-0.2, -0.15) is 0 Å². The number of urea groups is 1. The monoisotopic (exact) mass is 320 g/mol. The van der Waals surface area contributed by atoms with Crippen LogP contribution < -0.4 is 10.1 Å². The van der Waals surface area contributed by atoms with Crippen molar-refractivity contribution in [3.63, 3.8) is 0 Å². The molecule has 1 aliphatic rings. The Balaban J connectivity index is 2.06. The lowest BCUT2D eigenvalue weighted by molar-refractivity contribution is 0.142. The zero-order valence-electron chi connectivity index (χ0n) is 14.5. The smallest absolute Gasteiger partial charge is 0.317 e. The number of rotatable bonds is 5. The minimum Gasteiger partial charge on any atom is -0.497 e. The average molecular weight is 320 g/mol. The molecule has 5 nitrogen and oxygen atoms in total. The van der Waals surface area contributed by atoms with Gasteiger partial charge in [-0.25, -0.2) is 4.79 Å². The molecule has 0 aliphatic heterocycles. The summed E-state index contributed by atoms with van der Waals surface area (Å²) in [6, 6.07) is 7.11. The minimum absolute atomic E-state index is 0.121. The molecule has 0 saturated heterocycles. The summed E-state index contributed by atoms with van der Waals surface area (Å²) in [7, 11) is 3.34. The summed E-state index contributed by atoms with van der Waals surface area (Å²) >= 11 is 0. The number of aliphatic hydroxyl groups excluding tert-OH is 1. The van der Waals surface area contributed by atoms with E-state index in [0.717, 1.165) is 30.6 Å². The van der Waals surface area contributed by atoms with E-state index in [4.69, 9.17) is 4.74 Å². The summed E-state index contributed by atoms with van der Waals surface area (Å²) in [5.74, 6) is 0.755. The van der Waals surface area contributed by atoms with Crippen LogP contribution in [0.3, 0.4) is 0 Å². The fourth-order valence-corrected chi connectivity index (χ4v) is 3.26. The van der Waals surface area contributed by atoms with E-state index in [-0.39, 0.29) is 30.1 Å². The van der Waals surface area contributed by atoms with E-state index in [2.05, 4.69) is 19.2 Å². The van der Waals surface area contributed by atoms with Gasteiger partial charge in [-0.3, -0.25) is 0 Å². The van der Waals surface area contributed by atoms with Gasteiger partial charge in [0.15, 0.2) is 0 Å². The molecule has 1 saturated carbocycles. The average Bonchev–Trinajstić information content (AvgIpc) is 2.87. The van der Waals surface area contributed by atoms with Crippen molar-refractivity contribution in [3.8, 4) is 5.75 Å². The van der Waals surface area contributed by atoms with E-state index in [1.54, 1.807) is 19.1 Å². The predicted molar refractivity (Wildman–Crippen MR) is 90.5 cm³/mol. The molecule has 23 heavy (non-hydrogen) atoms. The van der Waals surface area contributed by atoms with Crippen LogP contribution in [0.5, 0.6) is 5.75 Å². The van der Waals surface area contributed by atoms with E-state index in [1.165, 1.54) is 0 Å². The van der Waals surface area contributed by atoms with Gasteiger partial charge in [0.25, 0.3) is 0 Å². The highest BCUT2D eigenvalue weighted by Crippen LogP contribution is 2.37. The van der Waals surface area contributed by atoms with Crippen molar-refractivity contribution >= 4 is 6.03 Å². The quantitative estimate of drug-likeness (QED) is 0.877. The van der Waals surface area contributed by atoms with Gasteiger partial charge in [-0.05, 0) is 36.0 Å². The van der Waals surface area contributed by atoms with Gasteiger partial charge in [-0.15, -0.1) is 0 Å². The number of ether oxygens (including phenoxy) is 1. The first-order chi connectivity index (χ1) is 10.9. The van der Waals surface area contributed by atoms with Gasteiger partial charge in [0.05, 0.1) is 19.8 Å². The summed E-state index contributed by atoms with van der Waals surface area (Å²) in [4.78, 5) is 14.1. The maximum atomic E-state index is 12.6. The van der Waals surface area contributed by atoms with Crippen LogP contribution in [-0.4, -0.2) is 42.8 Å². The maximum Gasteiger partial charge on any atom is 0.317 e. The topological polar surface area (TPSA) is 61.8 Å². The third-order valence-electron chi connectivity index (χ3n) is 5.02. The second-order valence-corrected chi connectivity index (χ2v) is 6.97. The number of carbonyl (C=O) groups is 1. The molecule has 0 spiro atoms. The number of nitrogens with one attached hydrogen (secondary N) is 1. The van der Waals surface area contributed by atoms with Crippen molar-refractivity contribution in [2.24, 2.45) is 5.41 Å². The standard InChI is InChI=1S/C18H28N2O3/c1-18(2)11-5-6-16(18)19-17(22)20(3)15(12-21)13-7-9-14(23-4)10-8-13/h7-10,15-16,21H,5-6,11-12H2,1-4H3,(H,19,22). The molecule has 0 aromatic heterocycles. The summed E-state index contributed by atoms with van der Waals surface area (Å²) in [5.41, 5.74) is 1.02. The first kappa shape index (κ1) is 17.6. The number of aliphatic hydroxyl groups is 1. The number of hydrogen-bond acceptors (Lipinski definition) is 3. The van der Waals surface area contributed by atoms with Gasteiger partial charge >= 0.3 is 6.03 Å². The number of amides is 2. The van der Waals surface area contributed by atoms with E-state index in [1.807, 2.05) is 24.3 Å².